The highest BCUT2D eigenvalue weighted by Crippen LogP contribution is 2.61. The average Bonchev–Trinajstić information content (AvgIpc) is 3.28. The number of unbranched alkanes of at least 4 members (excludes halogenated alkanes) is 1. The minimum absolute atomic E-state index is 0.0809. The number of rotatable bonds is 7. The van der Waals surface area contributed by atoms with Crippen molar-refractivity contribution in [3.05, 3.63) is 0 Å². The topological polar surface area (TPSA) is 32.3 Å². The van der Waals surface area contributed by atoms with Crippen LogP contribution in [-0.2, 0) is 4.79 Å². The van der Waals surface area contributed by atoms with E-state index in [9.17, 15) is 4.79 Å². The van der Waals surface area contributed by atoms with Crippen molar-refractivity contribution in [3.63, 3.8) is 0 Å². The first-order valence-corrected chi connectivity index (χ1v) is 8.64. The van der Waals surface area contributed by atoms with Crippen LogP contribution in [0.15, 0.2) is 0 Å². The Balaban J connectivity index is 1.67. The minimum atomic E-state index is 0.0809. The highest BCUT2D eigenvalue weighted by molar-refractivity contribution is 5.84. The van der Waals surface area contributed by atoms with Crippen molar-refractivity contribution in [1.82, 2.24) is 10.2 Å². The molecule has 3 fully saturated rings. The van der Waals surface area contributed by atoms with E-state index >= 15 is 0 Å². The summed E-state index contributed by atoms with van der Waals surface area (Å²) in [5, 5.41) is 3.61. The van der Waals surface area contributed by atoms with Crippen molar-refractivity contribution < 1.29 is 4.79 Å². The number of carbonyl (C=O) groups is 1. The van der Waals surface area contributed by atoms with Gasteiger partial charge in [0.15, 0.2) is 0 Å². The Morgan fingerprint density at radius 1 is 1.35 bits per heavy atom. The van der Waals surface area contributed by atoms with Gasteiger partial charge in [0, 0.05) is 6.54 Å². The lowest BCUT2D eigenvalue weighted by atomic mass is 9.98. The van der Waals surface area contributed by atoms with E-state index < -0.39 is 0 Å². The molecule has 1 saturated heterocycles. The molecule has 2 unspecified atom stereocenters. The maximum absolute atomic E-state index is 12.7. The quantitative estimate of drug-likeness (QED) is 0.776. The van der Waals surface area contributed by atoms with Crippen LogP contribution in [0.25, 0.3) is 0 Å². The predicted octanol–water partition coefficient (Wildman–Crippen LogP) is 3.15. The fourth-order valence-electron chi connectivity index (χ4n) is 3.94. The number of nitrogens with zero attached hydrogens (tertiary/aromatic N) is 1. The fraction of sp³-hybridized carbons (Fsp3) is 0.941. The summed E-state index contributed by atoms with van der Waals surface area (Å²) < 4.78 is 0. The zero-order valence-corrected chi connectivity index (χ0v) is 13.3. The molecule has 0 spiro atoms. The summed E-state index contributed by atoms with van der Waals surface area (Å²) >= 11 is 0. The van der Waals surface area contributed by atoms with Crippen molar-refractivity contribution in [2.75, 3.05) is 6.54 Å². The van der Waals surface area contributed by atoms with Crippen molar-refractivity contribution >= 4 is 5.91 Å². The van der Waals surface area contributed by atoms with Crippen LogP contribution in [0, 0.1) is 17.3 Å². The second kappa shape index (κ2) is 5.32. The van der Waals surface area contributed by atoms with Crippen LogP contribution in [0.5, 0.6) is 0 Å². The van der Waals surface area contributed by atoms with E-state index in [4.69, 9.17) is 0 Å². The maximum atomic E-state index is 12.7. The molecular weight excluding hydrogens is 248 g/mol. The van der Waals surface area contributed by atoms with E-state index in [1.807, 2.05) is 0 Å². The third-order valence-electron chi connectivity index (χ3n) is 5.59. The van der Waals surface area contributed by atoms with Crippen LogP contribution in [0.4, 0.5) is 0 Å². The SMILES string of the molecule is CCCCC1NC(C(C)C)N(CC2(C3CC3)CC2)C1=O. The summed E-state index contributed by atoms with van der Waals surface area (Å²) in [6, 6.07) is 0.0809. The van der Waals surface area contributed by atoms with Crippen molar-refractivity contribution in [2.24, 2.45) is 17.3 Å². The molecular formula is C17H30N2O. The van der Waals surface area contributed by atoms with Gasteiger partial charge in [0.05, 0.1) is 12.2 Å². The lowest BCUT2D eigenvalue weighted by Crippen LogP contribution is -2.44. The van der Waals surface area contributed by atoms with E-state index in [2.05, 4.69) is 31.0 Å². The lowest BCUT2D eigenvalue weighted by Gasteiger charge is -2.31. The zero-order chi connectivity index (χ0) is 14.3. The first-order valence-electron chi connectivity index (χ1n) is 8.64. The van der Waals surface area contributed by atoms with E-state index in [0.717, 1.165) is 25.3 Å². The molecule has 2 saturated carbocycles. The predicted molar refractivity (Wildman–Crippen MR) is 81.2 cm³/mol. The highest BCUT2D eigenvalue weighted by atomic mass is 16.2. The van der Waals surface area contributed by atoms with E-state index in [1.165, 1.54) is 32.1 Å². The standard InChI is InChI=1S/C17H30N2O/c1-4-5-6-14-16(20)19(15(18-14)12(2)3)11-17(9-10-17)13-7-8-13/h12-15,18H,4-11H2,1-3H3. The van der Waals surface area contributed by atoms with Gasteiger partial charge < -0.3 is 4.90 Å². The monoisotopic (exact) mass is 278 g/mol. The molecule has 1 N–H and O–H groups in total. The molecule has 2 aliphatic carbocycles. The smallest absolute Gasteiger partial charge is 0.241 e. The number of amides is 1. The molecule has 3 nitrogen and oxygen atoms in total. The normalized spacial score (nSPS) is 32.2. The molecule has 3 aliphatic rings. The van der Waals surface area contributed by atoms with E-state index in [1.54, 1.807) is 0 Å². The molecule has 1 aliphatic heterocycles. The van der Waals surface area contributed by atoms with Gasteiger partial charge in [-0.05, 0) is 49.4 Å². The molecule has 1 amide bonds. The summed E-state index contributed by atoms with van der Waals surface area (Å²) in [6.07, 6.45) is 9.10. The zero-order valence-electron chi connectivity index (χ0n) is 13.3. The average molecular weight is 278 g/mol. The Kier molecular flexibility index (Phi) is 3.83. The second-order valence-electron chi connectivity index (χ2n) is 7.65. The van der Waals surface area contributed by atoms with Crippen LogP contribution >= 0.6 is 0 Å². The van der Waals surface area contributed by atoms with Crippen LogP contribution in [0.3, 0.4) is 0 Å². The van der Waals surface area contributed by atoms with Crippen LogP contribution in [0.1, 0.15) is 65.7 Å². The highest BCUT2D eigenvalue weighted by Gasteiger charge is 2.56. The third kappa shape index (κ3) is 2.61. The third-order valence-corrected chi connectivity index (χ3v) is 5.59. The summed E-state index contributed by atoms with van der Waals surface area (Å²) in [5.74, 6) is 1.81. The minimum Gasteiger partial charge on any atom is -0.325 e. The van der Waals surface area contributed by atoms with Crippen LogP contribution < -0.4 is 5.32 Å². The van der Waals surface area contributed by atoms with E-state index in [-0.39, 0.29) is 12.2 Å². The molecule has 0 aromatic rings. The Hall–Kier alpha value is -0.570. The molecule has 0 aromatic heterocycles. The number of carbonyl (C=O) groups excluding carboxylic acids is 1. The maximum Gasteiger partial charge on any atom is 0.241 e. The van der Waals surface area contributed by atoms with Gasteiger partial charge in [0.2, 0.25) is 5.91 Å². The number of nitrogens with one attached hydrogen (secondary N) is 1. The van der Waals surface area contributed by atoms with Gasteiger partial charge >= 0.3 is 0 Å². The first-order chi connectivity index (χ1) is 9.57. The van der Waals surface area contributed by atoms with Gasteiger partial charge in [-0.1, -0.05) is 33.6 Å². The Morgan fingerprint density at radius 2 is 2.05 bits per heavy atom. The summed E-state index contributed by atoms with van der Waals surface area (Å²) in [4.78, 5) is 14.9. The molecule has 20 heavy (non-hydrogen) atoms. The first kappa shape index (κ1) is 14.4. The van der Waals surface area contributed by atoms with Gasteiger partial charge in [-0.25, -0.2) is 0 Å². The molecule has 0 bridgehead atoms. The Bertz CT molecular complexity index is 371. The van der Waals surface area contributed by atoms with Crippen molar-refractivity contribution in [3.8, 4) is 0 Å². The summed E-state index contributed by atoms with van der Waals surface area (Å²) in [5.41, 5.74) is 0.518. The van der Waals surface area contributed by atoms with Crippen molar-refractivity contribution in [1.29, 1.82) is 0 Å². The molecule has 3 rings (SSSR count). The van der Waals surface area contributed by atoms with Gasteiger partial charge in [-0.2, -0.15) is 0 Å². The number of hydrogen-bond acceptors (Lipinski definition) is 2. The fourth-order valence-corrected chi connectivity index (χ4v) is 3.94. The summed E-state index contributed by atoms with van der Waals surface area (Å²) in [6.45, 7) is 7.69. The second-order valence-corrected chi connectivity index (χ2v) is 7.65. The van der Waals surface area contributed by atoms with Crippen molar-refractivity contribution in [2.45, 2.75) is 77.9 Å². The molecule has 2 atom stereocenters. The molecule has 3 heteroatoms. The van der Waals surface area contributed by atoms with Gasteiger partial charge in [0.1, 0.15) is 0 Å². The Labute approximate surface area is 123 Å². The summed E-state index contributed by atoms with van der Waals surface area (Å²) in [7, 11) is 0. The van der Waals surface area contributed by atoms with Crippen LogP contribution in [0.2, 0.25) is 0 Å². The van der Waals surface area contributed by atoms with Crippen LogP contribution in [-0.4, -0.2) is 29.6 Å². The molecule has 0 radical (unpaired) electrons. The Morgan fingerprint density at radius 3 is 2.55 bits per heavy atom. The van der Waals surface area contributed by atoms with Gasteiger partial charge in [-0.15, -0.1) is 0 Å². The largest absolute Gasteiger partial charge is 0.325 e. The lowest BCUT2D eigenvalue weighted by molar-refractivity contribution is -0.131. The molecule has 0 aromatic carbocycles. The molecule has 1 heterocycles. The number of hydrogen-bond donors (Lipinski definition) is 1. The van der Waals surface area contributed by atoms with Gasteiger partial charge in [0.25, 0.3) is 0 Å². The molecule has 114 valence electrons. The van der Waals surface area contributed by atoms with E-state index in [0.29, 0.717) is 17.2 Å². The van der Waals surface area contributed by atoms with Gasteiger partial charge in [-0.3, -0.25) is 10.1 Å².